The molecule has 0 spiro atoms. The molecule has 23 heavy (non-hydrogen) atoms. The zero-order valence-corrected chi connectivity index (χ0v) is 13.3. The number of nitrogens with two attached hydrogens (primary N) is 2. The molecule has 1 fully saturated rings. The minimum absolute atomic E-state index is 0.0110. The molecule has 0 saturated heterocycles. The first-order valence-corrected chi connectivity index (χ1v) is 8.04. The fourth-order valence-electron chi connectivity index (χ4n) is 3.09. The number of ether oxygens (including phenoxy) is 1. The minimum Gasteiger partial charge on any atom is -0.484 e. The van der Waals surface area contributed by atoms with E-state index in [2.05, 4.69) is 5.32 Å². The second kappa shape index (κ2) is 7.97. The second-order valence-electron chi connectivity index (χ2n) is 6.27. The van der Waals surface area contributed by atoms with Crippen LogP contribution in [0.5, 0.6) is 5.75 Å². The molecule has 1 aliphatic carbocycles. The van der Waals surface area contributed by atoms with Crippen molar-refractivity contribution >= 4 is 17.5 Å². The molecule has 0 atom stereocenters. The van der Waals surface area contributed by atoms with Crippen molar-refractivity contribution in [3.05, 3.63) is 24.3 Å². The number of anilines is 1. The van der Waals surface area contributed by atoms with Gasteiger partial charge in [-0.3, -0.25) is 9.59 Å². The molecule has 0 aromatic heterocycles. The van der Waals surface area contributed by atoms with E-state index < -0.39 is 5.91 Å². The highest BCUT2D eigenvalue weighted by Gasteiger charge is 2.32. The fraction of sp³-hybridized carbons (Fsp3) is 0.529. The van der Waals surface area contributed by atoms with Gasteiger partial charge in [0.25, 0.3) is 5.91 Å². The highest BCUT2D eigenvalue weighted by molar-refractivity contribution is 5.91. The van der Waals surface area contributed by atoms with Crippen LogP contribution < -0.4 is 21.5 Å². The number of benzene rings is 1. The molecule has 1 saturated carbocycles. The van der Waals surface area contributed by atoms with Crippen LogP contribution in [0.2, 0.25) is 0 Å². The third-order valence-electron chi connectivity index (χ3n) is 4.40. The third kappa shape index (κ3) is 5.25. The number of amides is 2. The lowest BCUT2D eigenvalue weighted by Crippen LogP contribution is -2.36. The molecule has 1 aromatic carbocycles. The first kappa shape index (κ1) is 17.3. The molecule has 0 unspecified atom stereocenters. The van der Waals surface area contributed by atoms with Gasteiger partial charge in [-0.15, -0.1) is 0 Å². The molecular weight excluding hydrogens is 294 g/mol. The van der Waals surface area contributed by atoms with Gasteiger partial charge < -0.3 is 21.5 Å². The molecule has 0 heterocycles. The molecule has 0 radical (unpaired) electrons. The molecule has 126 valence electrons. The Balaban J connectivity index is 1.88. The minimum atomic E-state index is -0.526. The van der Waals surface area contributed by atoms with Gasteiger partial charge in [-0.05, 0) is 49.1 Å². The van der Waals surface area contributed by atoms with Gasteiger partial charge in [-0.25, -0.2) is 0 Å². The van der Waals surface area contributed by atoms with E-state index in [0.29, 0.717) is 24.4 Å². The lowest BCUT2D eigenvalue weighted by Gasteiger charge is -2.35. The lowest BCUT2D eigenvalue weighted by molar-refractivity contribution is -0.120. The first-order chi connectivity index (χ1) is 11.0. The van der Waals surface area contributed by atoms with Crippen LogP contribution in [-0.4, -0.2) is 25.0 Å². The van der Waals surface area contributed by atoms with Gasteiger partial charge in [0.1, 0.15) is 5.75 Å². The van der Waals surface area contributed by atoms with E-state index in [-0.39, 0.29) is 17.9 Å². The topological polar surface area (TPSA) is 107 Å². The number of rotatable bonds is 7. The Kier molecular flexibility index (Phi) is 5.98. The number of primary amides is 1. The second-order valence-corrected chi connectivity index (χ2v) is 6.27. The van der Waals surface area contributed by atoms with Crippen molar-refractivity contribution in [1.29, 1.82) is 0 Å². The van der Waals surface area contributed by atoms with Crippen LogP contribution in [-0.2, 0) is 9.59 Å². The van der Waals surface area contributed by atoms with Gasteiger partial charge >= 0.3 is 0 Å². The van der Waals surface area contributed by atoms with Crippen molar-refractivity contribution in [3.63, 3.8) is 0 Å². The molecule has 6 heteroatoms. The maximum Gasteiger partial charge on any atom is 0.255 e. The van der Waals surface area contributed by atoms with E-state index in [1.54, 1.807) is 24.3 Å². The van der Waals surface area contributed by atoms with Crippen LogP contribution >= 0.6 is 0 Å². The summed E-state index contributed by atoms with van der Waals surface area (Å²) >= 11 is 0. The Hall–Kier alpha value is -2.08. The van der Waals surface area contributed by atoms with E-state index in [9.17, 15) is 9.59 Å². The summed E-state index contributed by atoms with van der Waals surface area (Å²) in [7, 11) is 0. The Morgan fingerprint density at radius 3 is 2.35 bits per heavy atom. The summed E-state index contributed by atoms with van der Waals surface area (Å²) in [6.07, 6.45) is 6.04. The van der Waals surface area contributed by atoms with Gasteiger partial charge in [-0.2, -0.15) is 0 Å². The zero-order valence-electron chi connectivity index (χ0n) is 13.3. The Labute approximate surface area is 136 Å². The Bertz CT molecular complexity index is 537. The van der Waals surface area contributed by atoms with Crippen LogP contribution in [0, 0.1) is 5.41 Å². The summed E-state index contributed by atoms with van der Waals surface area (Å²) in [5.74, 6) is -0.00222. The van der Waals surface area contributed by atoms with Crippen molar-refractivity contribution in [2.45, 2.75) is 38.5 Å². The average molecular weight is 319 g/mol. The lowest BCUT2D eigenvalue weighted by atomic mass is 9.71. The summed E-state index contributed by atoms with van der Waals surface area (Å²) in [6.45, 7) is 0.394. The smallest absolute Gasteiger partial charge is 0.255 e. The molecule has 1 aliphatic rings. The zero-order chi connectivity index (χ0) is 16.7. The number of carbonyl (C=O) groups is 2. The van der Waals surface area contributed by atoms with E-state index >= 15 is 0 Å². The number of hydrogen-bond donors (Lipinski definition) is 3. The molecule has 1 aromatic rings. The van der Waals surface area contributed by atoms with Gasteiger partial charge in [0, 0.05) is 12.1 Å². The van der Waals surface area contributed by atoms with Gasteiger partial charge in [-0.1, -0.05) is 19.3 Å². The van der Waals surface area contributed by atoms with E-state index in [1.165, 1.54) is 6.42 Å². The van der Waals surface area contributed by atoms with Crippen molar-refractivity contribution in [1.82, 2.24) is 0 Å². The first-order valence-electron chi connectivity index (χ1n) is 8.04. The Morgan fingerprint density at radius 1 is 1.13 bits per heavy atom. The standard InChI is InChI=1S/C17H25N3O3/c18-12-17(8-2-1-3-9-17)10-16(22)20-13-4-6-14(7-5-13)23-11-15(19)21/h4-7H,1-3,8-12,18H2,(H2,19,21)(H,20,22). The largest absolute Gasteiger partial charge is 0.484 e. The predicted molar refractivity (Wildman–Crippen MR) is 89.0 cm³/mol. The van der Waals surface area contributed by atoms with Crippen LogP contribution in [0.25, 0.3) is 0 Å². The van der Waals surface area contributed by atoms with Gasteiger partial charge in [0.05, 0.1) is 0 Å². The van der Waals surface area contributed by atoms with Crippen molar-refractivity contribution in [2.75, 3.05) is 18.5 Å². The Morgan fingerprint density at radius 2 is 1.78 bits per heavy atom. The molecule has 0 bridgehead atoms. The van der Waals surface area contributed by atoms with Crippen LogP contribution in [0.15, 0.2) is 24.3 Å². The third-order valence-corrected chi connectivity index (χ3v) is 4.40. The van der Waals surface area contributed by atoms with Crippen molar-refractivity contribution in [2.24, 2.45) is 16.9 Å². The van der Waals surface area contributed by atoms with Crippen molar-refractivity contribution in [3.8, 4) is 5.75 Å². The van der Waals surface area contributed by atoms with E-state index in [1.807, 2.05) is 0 Å². The molecule has 5 N–H and O–H groups in total. The monoisotopic (exact) mass is 319 g/mol. The maximum atomic E-state index is 12.3. The summed E-state index contributed by atoms with van der Waals surface area (Å²) in [5, 5.41) is 2.90. The molecule has 6 nitrogen and oxygen atoms in total. The predicted octanol–water partition coefficient (Wildman–Crippen LogP) is 1.79. The van der Waals surface area contributed by atoms with Crippen LogP contribution in [0.1, 0.15) is 38.5 Å². The average Bonchev–Trinajstić information content (AvgIpc) is 2.55. The number of carbonyl (C=O) groups excluding carboxylic acids is 2. The van der Waals surface area contributed by atoms with E-state index in [0.717, 1.165) is 25.7 Å². The molecule has 2 amide bonds. The molecule has 0 aliphatic heterocycles. The SMILES string of the molecule is NCC1(CC(=O)Nc2ccc(OCC(N)=O)cc2)CCCCC1. The fourth-order valence-corrected chi connectivity index (χ4v) is 3.09. The highest BCUT2D eigenvalue weighted by Crippen LogP contribution is 2.38. The molecule has 2 rings (SSSR count). The summed E-state index contributed by atoms with van der Waals surface area (Å²) in [5.41, 5.74) is 11.6. The number of nitrogens with one attached hydrogen (secondary N) is 1. The summed E-state index contributed by atoms with van der Waals surface area (Å²) in [6, 6.07) is 6.87. The van der Waals surface area contributed by atoms with Gasteiger partial charge in [0.15, 0.2) is 6.61 Å². The normalized spacial score (nSPS) is 16.6. The number of hydrogen-bond acceptors (Lipinski definition) is 4. The van der Waals surface area contributed by atoms with Crippen LogP contribution in [0.4, 0.5) is 5.69 Å². The summed E-state index contributed by atoms with van der Waals surface area (Å²) < 4.78 is 5.18. The van der Waals surface area contributed by atoms with Crippen molar-refractivity contribution < 1.29 is 14.3 Å². The highest BCUT2D eigenvalue weighted by atomic mass is 16.5. The van der Waals surface area contributed by atoms with E-state index in [4.69, 9.17) is 16.2 Å². The van der Waals surface area contributed by atoms with Gasteiger partial charge in [0.2, 0.25) is 5.91 Å². The quantitative estimate of drug-likeness (QED) is 0.712. The van der Waals surface area contributed by atoms with Crippen LogP contribution in [0.3, 0.4) is 0 Å². The maximum absolute atomic E-state index is 12.3. The summed E-state index contributed by atoms with van der Waals surface area (Å²) in [4.78, 5) is 22.9. The molecular formula is C17H25N3O3.